The molecule has 0 spiro atoms. The number of hydrogen-bond acceptors (Lipinski definition) is 4. The van der Waals surface area contributed by atoms with Gasteiger partial charge >= 0.3 is 5.97 Å². The second-order valence-corrected chi connectivity index (χ2v) is 3.50. The fourth-order valence-electron chi connectivity index (χ4n) is 1.27. The lowest BCUT2D eigenvalue weighted by molar-refractivity contribution is -0.137. The molecule has 0 saturated heterocycles. The highest BCUT2D eigenvalue weighted by Gasteiger charge is 2.11. The Morgan fingerprint density at radius 3 is 3.00 bits per heavy atom. The summed E-state index contributed by atoms with van der Waals surface area (Å²) < 4.78 is 1.20. The van der Waals surface area contributed by atoms with E-state index in [4.69, 9.17) is 16.7 Å². The Balaban J connectivity index is 2.40. The maximum absolute atomic E-state index is 10.6. The first-order chi connectivity index (χ1) is 7.66. The number of carbonyl (C=O) groups is 1. The monoisotopic (exact) mass is 238 g/mol. The number of rotatable bonds is 3. The highest BCUT2D eigenvalue weighted by molar-refractivity contribution is 6.30. The number of benzene rings is 1. The Hall–Kier alpha value is -1.95. The van der Waals surface area contributed by atoms with E-state index >= 15 is 0 Å². The molecule has 82 valence electrons. The molecule has 0 bridgehead atoms. The summed E-state index contributed by atoms with van der Waals surface area (Å²) in [6.45, 7) is -0.283. The van der Waals surface area contributed by atoms with Crippen LogP contribution in [-0.4, -0.2) is 31.3 Å². The number of tetrazole rings is 1. The average Bonchev–Trinajstić information content (AvgIpc) is 2.65. The van der Waals surface area contributed by atoms with Crippen molar-refractivity contribution in [2.75, 3.05) is 0 Å². The van der Waals surface area contributed by atoms with Crippen LogP contribution in [-0.2, 0) is 11.3 Å². The van der Waals surface area contributed by atoms with Gasteiger partial charge in [-0.05, 0) is 22.6 Å². The van der Waals surface area contributed by atoms with Crippen molar-refractivity contribution in [3.05, 3.63) is 29.3 Å². The third-order valence-corrected chi connectivity index (χ3v) is 2.13. The van der Waals surface area contributed by atoms with Crippen molar-refractivity contribution >= 4 is 17.6 Å². The Morgan fingerprint density at radius 1 is 1.50 bits per heavy atom. The predicted octanol–water partition coefficient (Wildman–Crippen LogP) is 1.08. The molecule has 7 heteroatoms. The molecule has 2 rings (SSSR count). The number of carboxylic acid groups (broad SMARTS) is 1. The smallest absolute Gasteiger partial charge is 0.325 e. The molecule has 1 heterocycles. The zero-order valence-corrected chi connectivity index (χ0v) is 8.79. The highest BCUT2D eigenvalue weighted by Crippen LogP contribution is 2.19. The first-order valence-corrected chi connectivity index (χ1v) is 4.78. The van der Waals surface area contributed by atoms with E-state index in [9.17, 15) is 4.79 Å². The van der Waals surface area contributed by atoms with Crippen LogP contribution in [0.25, 0.3) is 11.4 Å². The Bertz CT molecular complexity index is 526. The second-order valence-electron chi connectivity index (χ2n) is 3.06. The van der Waals surface area contributed by atoms with E-state index in [0.29, 0.717) is 16.4 Å². The number of aliphatic carboxylic acids is 1. The molecule has 6 nitrogen and oxygen atoms in total. The Labute approximate surface area is 95.5 Å². The molecule has 1 aromatic heterocycles. The van der Waals surface area contributed by atoms with Gasteiger partial charge in [0.2, 0.25) is 0 Å². The Kier molecular flexibility index (Phi) is 2.82. The minimum Gasteiger partial charge on any atom is -0.480 e. The summed E-state index contributed by atoms with van der Waals surface area (Å²) in [5.41, 5.74) is 0.679. The van der Waals surface area contributed by atoms with Crippen molar-refractivity contribution in [2.24, 2.45) is 0 Å². The van der Waals surface area contributed by atoms with Gasteiger partial charge in [0.15, 0.2) is 5.82 Å². The lowest BCUT2D eigenvalue weighted by atomic mass is 10.2. The van der Waals surface area contributed by atoms with Crippen molar-refractivity contribution in [3.8, 4) is 11.4 Å². The van der Waals surface area contributed by atoms with Crippen LogP contribution < -0.4 is 0 Å². The number of nitrogens with zero attached hydrogens (tertiary/aromatic N) is 4. The van der Waals surface area contributed by atoms with Gasteiger partial charge in [-0.2, -0.15) is 0 Å². The average molecular weight is 239 g/mol. The fraction of sp³-hybridized carbons (Fsp3) is 0.111. The molecule has 1 aromatic carbocycles. The highest BCUT2D eigenvalue weighted by atomic mass is 35.5. The molecule has 0 aliphatic rings. The first kappa shape index (κ1) is 10.6. The van der Waals surface area contributed by atoms with E-state index in [-0.39, 0.29) is 6.54 Å². The number of aromatic nitrogens is 4. The molecule has 0 aliphatic carbocycles. The minimum absolute atomic E-state index is 0.283. The summed E-state index contributed by atoms with van der Waals surface area (Å²) >= 11 is 5.83. The van der Waals surface area contributed by atoms with Crippen molar-refractivity contribution in [1.82, 2.24) is 20.2 Å². The van der Waals surface area contributed by atoms with Gasteiger partial charge in [-0.25, -0.2) is 4.68 Å². The first-order valence-electron chi connectivity index (χ1n) is 4.41. The lowest BCUT2D eigenvalue weighted by Gasteiger charge is -2.01. The number of hydrogen-bond donors (Lipinski definition) is 1. The second kappa shape index (κ2) is 4.28. The summed E-state index contributed by atoms with van der Waals surface area (Å²) in [5, 5.41) is 20.0. The molecule has 16 heavy (non-hydrogen) atoms. The molecule has 0 amide bonds. The van der Waals surface area contributed by atoms with E-state index in [1.165, 1.54) is 4.68 Å². The third kappa shape index (κ3) is 2.17. The summed E-state index contributed by atoms with van der Waals surface area (Å²) in [7, 11) is 0. The lowest BCUT2D eigenvalue weighted by Crippen LogP contribution is -2.11. The van der Waals surface area contributed by atoms with E-state index in [0.717, 1.165) is 0 Å². The molecule has 0 radical (unpaired) electrons. The molecule has 0 unspecified atom stereocenters. The van der Waals surface area contributed by atoms with Gasteiger partial charge in [-0.3, -0.25) is 4.79 Å². The van der Waals surface area contributed by atoms with Crippen LogP contribution in [0.5, 0.6) is 0 Å². The molecule has 0 saturated carbocycles. The minimum atomic E-state index is -1.00. The maximum atomic E-state index is 10.6. The van der Waals surface area contributed by atoms with E-state index in [2.05, 4.69) is 15.5 Å². The maximum Gasteiger partial charge on any atom is 0.325 e. The van der Waals surface area contributed by atoms with Gasteiger partial charge in [0.1, 0.15) is 6.54 Å². The number of carboxylic acids is 1. The van der Waals surface area contributed by atoms with Gasteiger partial charge < -0.3 is 5.11 Å². The fourth-order valence-corrected chi connectivity index (χ4v) is 1.46. The van der Waals surface area contributed by atoms with Gasteiger partial charge in [0.05, 0.1) is 0 Å². The molecular formula is C9H7ClN4O2. The SMILES string of the molecule is O=C(O)Cn1nnnc1-c1cccc(Cl)c1. The molecule has 1 N–H and O–H groups in total. The topological polar surface area (TPSA) is 80.9 Å². The van der Waals surface area contributed by atoms with E-state index in [1.54, 1.807) is 24.3 Å². The van der Waals surface area contributed by atoms with Crippen molar-refractivity contribution in [1.29, 1.82) is 0 Å². The van der Waals surface area contributed by atoms with Gasteiger partial charge in [0.25, 0.3) is 0 Å². The molecule has 0 atom stereocenters. The molecule has 0 aliphatic heterocycles. The quantitative estimate of drug-likeness (QED) is 0.865. The van der Waals surface area contributed by atoms with Gasteiger partial charge in [-0.15, -0.1) is 5.10 Å². The summed E-state index contributed by atoms with van der Waals surface area (Å²) in [5.74, 6) is -0.625. The molecular weight excluding hydrogens is 232 g/mol. The van der Waals surface area contributed by atoms with Crippen LogP contribution in [0.2, 0.25) is 5.02 Å². The molecule has 0 fully saturated rings. The zero-order chi connectivity index (χ0) is 11.5. The van der Waals surface area contributed by atoms with Crippen LogP contribution >= 0.6 is 11.6 Å². The van der Waals surface area contributed by atoms with E-state index < -0.39 is 5.97 Å². The van der Waals surface area contributed by atoms with Crippen LogP contribution in [0, 0.1) is 0 Å². The number of halogens is 1. The van der Waals surface area contributed by atoms with Crippen LogP contribution in [0.3, 0.4) is 0 Å². The van der Waals surface area contributed by atoms with Crippen molar-refractivity contribution in [2.45, 2.75) is 6.54 Å². The van der Waals surface area contributed by atoms with Crippen LogP contribution in [0.15, 0.2) is 24.3 Å². The standard InChI is InChI=1S/C9H7ClN4O2/c10-7-3-1-2-6(4-7)9-11-12-13-14(9)5-8(15)16/h1-4H,5H2,(H,15,16). The summed E-state index contributed by atoms with van der Waals surface area (Å²) in [6.07, 6.45) is 0. The largest absolute Gasteiger partial charge is 0.480 e. The van der Waals surface area contributed by atoms with E-state index in [1.807, 2.05) is 0 Å². The van der Waals surface area contributed by atoms with Crippen molar-refractivity contribution in [3.63, 3.8) is 0 Å². The third-order valence-electron chi connectivity index (χ3n) is 1.90. The van der Waals surface area contributed by atoms with Crippen LogP contribution in [0.4, 0.5) is 0 Å². The Morgan fingerprint density at radius 2 is 2.31 bits per heavy atom. The zero-order valence-electron chi connectivity index (χ0n) is 8.04. The predicted molar refractivity (Wildman–Crippen MR) is 55.9 cm³/mol. The summed E-state index contributed by atoms with van der Waals surface area (Å²) in [4.78, 5) is 10.6. The van der Waals surface area contributed by atoms with Gasteiger partial charge in [-0.1, -0.05) is 23.7 Å². The van der Waals surface area contributed by atoms with Gasteiger partial charge in [0, 0.05) is 10.6 Å². The van der Waals surface area contributed by atoms with Crippen molar-refractivity contribution < 1.29 is 9.90 Å². The summed E-state index contributed by atoms with van der Waals surface area (Å²) in [6, 6.07) is 6.90. The normalized spacial score (nSPS) is 10.3. The molecule has 2 aromatic rings. The van der Waals surface area contributed by atoms with Crippen LogP contribution in [0.1, 0.15) is 0 Å².